The molecule has 2 atom stereocenters. The fraction of sp³-hybridized carbons (Fsp3) is 0.421. The van der Waals surface area contributed by atoms with Crippen molar-refractivity contribution in [2.24, 2.45) is 5.92 Å². The van der Waals surface area contributed by atoms with E-state index in [9.17, 15) is 9.90 Å². The van der Waals surface area contributed by atoms with Crippen molar-refractivity contribution in [3.63, 3.8) is 0 Å². The molecule has 0 aliphatic rings. The molecule has 24 heavy (non-hydrogen) atoms. The highest BCUT2D eigenvalue weighted by molar-refractivity contribution is 5.83. The number of carbonyl (C=O) groups is 1. The molecule has 132 valence electrons. The fourth-order valence-electron chi connectivity index (χ4n) is 2.06. The maximum atomic E-state index is 11.4. The lowest BCUT2D eigenvalue weighted by atomic mass is 9.96. The molecule has 5 heteroatoms. The molecule has 5 nitrogen and oxygen atoms in total. The Balaban J connectivity index is 2.64. The van der Waals surface area contributed by atoms with Gasteiger partial charge in [-0.3, -0.25) is 0 Å². The van der Waals surface area contributed by atoms with Gasteiger partial charge in [0.25, 0.3) is 0 Å². The summed E-state index contributed by atoms with van der Waals surface area (Å²) in [5.74, 6) is 0.155. The number of benzene rings is 1. The molecule has 0 aromatic heterocycles. The lowest BCUT2D eigenvalue weighted by molar-refractivity contribution is -0.137. The Morgan fingerprint density at radius 1 is 1.29 bits per heavy atom. The van der Waals surface area contributed by atoms with Gasteiger partial charge in [-0.2, -0.15) is 0 Å². The number of rotatable bonds is 9. The van der Waals surface area contributed by atoms with E-state index >= 15 is 0 Å². The highest BCUT2D eigenvalue weighted by Gasteiger charge is 2.13. The minimum absolute atomic E-state index is 0.0368. The number of aliphatic hydroxyl groups excluding tert-OH is 2. The highest BCUT2D eigenvalue weighted by atomic mass is 16.5. The predicted octanol–water partition coefficient (Wildman–Crippen LogP) is 2.79. The van der Waals surface area contributed by atoms with Crippen LogP contribution >= 0.6 is 0 Å². The summed E-state index contributed by atoms with van der Waals surface area (Å²) in [6.45, 7) is 6.02. The molecule has 0 saturated heterocycles. The third kappa shape index (κ3) is 6.98. The summed E-state index contributed by atoms with van der Waals surface area (Å²) in [6.07, 6.45) is 4.41. The minimum atomic E-state index is -0.663. The quantitative estimate of drug-likeness (QED) is 0.412. The summed E-state index contributed by atoms with van der Waals surface area (Å²) in [5, 5.41) is 19.1. The van der Waals surface area contributed by atoms with Crippen molar-refractivity contribution in [3.05, 3.63) is 53.6 Å². The van der Waals surface area contributed by atoms with Crippen LogP contribution in [0.25, 0.3) is 0 Å². The molecule has 1 aromatic carbocycles. The van der Waals surface area contributed by atoms with Crippen LogP contribution in [0.5, 0.6) is 5.75 Å². The number of allylic oxidation sites excluding steroid dienone is 2. The topological polar surface area (TPSA) is 76.0 Å². The van der Waals surface area contributed by atoms with Gasteiger partial charge in [0.1, 0.15) is 12.4 Å². The van der Waals surface area contributed by atoms with Crippen molar-refractivity contribution >= 4 is 5.97 Å². The second kappa shape index (κ2) is 10.6. The molecule has 1 aromatic rings. The maximum absolute atomic E-state index is 11.4. The Labute approximate surface area is 143 Å². The van der Waals surface area contributed by atoms with Gasteiger partial charge in [0, 0.05) is 12.0 Å². The Kier molecular flexibility index (Phi) is 8.83. The predicted molar refractivity (Wildman–Crippen MR) is 92.7 cm³/mol. The number of hydrogen-bond donors (Lipinski definition) is 2. The molecule has 2 N–H and O–H groups in total. The summed E-state index contributed by atoms with van der Waals surface area (Å²) in [6, 6.07) is 7.11. The van der Waals surface area contributed by atoms with E-state index in [0.29, 0.717) is 12.4 Å². The molecule has 1 rings (SSSR count). The van der Waals surface area contributed by atoms with E-state index in [1.54, 1.807) is 44.2 Å². The summed E-state index contributed by atoms with van der Waals surface area (Å²) in [5.41, 5.74) is 1.54. The molecule has 0 aliphatic carbocycles. The second-order valence-electron chi connectivity index (χ2n) is 5.44. The lowest BCUT2D eigenvalue weighted by Crippen LogP contribution is -2.07. The molecule has 0 amide bonds. The van der Waals surface area contributed by atoms with Crippen LogP contribution in [0, 0.1) is 5.92 Å². The molecular weight excluding hydrogens is 308 g/mol. The van der Waals surface area contributed by atoms with E-state index in [4.69, 9.17) is 14.6 Å². The van der Waals surface area contributed by atoms with Crippen LogP contribution in [-0.2, 0) is 9.53 Å². The van der Waals surface area contributed by atoms with Gasteiger partial charge in [0.2, 0.25) is 0 Å². The van der Waals surface area contributed by atoms with Crippen LogP contribution in [0.15, 0.2) is 48.1 Å². The Bertz CT molecular complexity index is 560. The van der Waals surface area contributed by atoms with Crippen molar-refractivity contribution in [2.75, 3.05) is 19.8 Å². The maximum Gasteiger partial charge on any atom is 0.330 e. The number of esters is 1. The second-order valence-corrected chi connectivity index (χ2v) is 5.44. The van der Waals surface area contributed by atoms with Gasteiger partial charge in [-0.25, -0.2) is 4.79 Å². The van der Waals surface area contributed by atoms with Gasteiger partial charge in [-0.1, -0.05) is 31.2 Å². The zero-order valence-corrected chi connectivity index (χ0v) is 14.4. The molecule has 0 aliphatic heterocycles. The Morgan fingerprint density at radius 3 is 2.54 bits per heavy atom. The summed E-state index contributed by atoms with van der Waals surface area (Å²) in [4.78, 5) is 11.4. The number of carbonyl (C=O) groups excluding carboxylic acids is 1. The monoisotopic (exact) mass is 334 g/mol. The molecule has 0 spiro atoms. The first-order valence-corrected chi connectivity index (χ1v) is 8.02. The normalized spacial score (nSPS) is 14.5. The molecule has 0 radical (unpaired) electrons. The van der Waals surface area contributed by atoms with Crippen molar-refractivity contribution in [2.45, 2.75) is 26.9 Å². The van der Waals surface area contributed by atoms with Crippen molar-refractivity contribution in [3.8, 4) is 5.75 Å². The van der Waals surface area contributed by atoms with E-state index in [0.717, 1.165) is 11.1 Å². The third-order valence-electron chi connectivity index (χ3n) is 3.37. The average Bonchev–Trinajstić information content (AvgIpc) is 2.57. The van der Waals surface area contributed by atoms with Crippen LogP contribution in [0.2, 0.25) is 0 Å². The van der Waals surface area contributed by atoms with Crippen molar-refractivity contribution in [1.82, 2.24) is 0 Å². The summed E-state index contributed by atoms with van der Waals surface area (Å²) >= 11 is 0. The van der Waals surface area contributed by atoms with E-state index in [2.05, 4.69) is 0 Å². The molecule has 0 unspecified atom stereocenters. The SMILES string of the molecule is CCOC(=O)/C=C(C)/C=C/[C@H](C)[C@H](O)c1ccc(OCCO)cc1. The molecule has 0 heterocycles. The van der Waals surface area contributed by atoms with Gasteiger partial charge >= 0.3 is 5.97 Å². The molecule has 0 bridgehead atoms. The van der Waals surface area contributed by atoms with Gasteiger partial charge in [-0.15, -0.1) is 0 Å². The lowest BCUT2D eigenvalue weighted by Gasteiger charge is -2.16. The minimum Gasteiger partial charge on any atom is -0.491 e. The summed E-state index contributed by atoms with van der Waals surface area (Å²) in [7, 11) is 0. The fourth-order valence-corrected chi connectivity index (χ4v) is 2.06. The molecule has 0 saturated carbocycles. The zero-order chi connectivity index (χ0) is 17.9. The zero-order valence-electron chi connectivity index (χ0n) is 14.4. The van der Waals surface area contributed by atoms with Crippen LogP contribution in [0.1, 0.15) is 32.4 Å². The van der Waals surface area contributed by atoms with Gasteiger partial charge < -0.3 is 19.7 Å². The van der Waals surface area contributed by atoms with E-state index in [1.165, 1.54) is 6.08 Å². The number of ether oxygens (including phenoxy) is 2. The smallest absolute Gasteiger partial charge is 0.330 e. The van der Waals surface area contributed by atoms with Gasteiger partial charge in [0.15, 0.2) is 0 Å². The number of aliphatic hydroxyl groups is 2. The van der Waals surface area contributed by atoms with Gasteiger partial charge in [-0.05, 0) is 37.1 Å². The summed E-state index contributed by atoms with van der Waals surface area (Å²) < 4.78 is 10.1. The molecular formula is C19H26O5. The standard InChI is InChI=1S/C19H26O5/c1-4-23-18(21)13-14(2)5-6-15(3)19(22)16-7-9-17(10-8-16)24-12-11-20/h5-10,13,15,19-20,22H,4,11-12H2,1-3H3/b6-5+,14-13+/t15-,19-/m0/s1. The van der Waals surface area contributed by atoms with E-state index in [1.807, 2.05) is 13.0 Å². The first-order valence-electron chi connectivity index (χ1n) is 8.02. The van der Waals surface area contributed by atoms with Crippen molar-refractivity contribution in [1.29, 1.82) is 0 Å². The first-order chi connectivity index (χ1) is 11.5. The Morgan fingerprint density at radius 2 is 1.96 bits per heavy atom. The first kappa shape index (κ1) is 19.9. The van der Waals surface area contributed by atoms with Gasteiger partial charge in [0.05, 0.1) is 19.3 Å². The average molecular weight is 334 g/mol. The largest absolute Gasteiger partial charge is 0.491 e. The van der Waals surface area contributed by atoms with Crippen LogP contribution < -0.4 is 4.74 Å². The van der Waals surface area contributed by atoms with Crippen molar-refractivity contribution < 1.29 is 24.5 Å². The highest BCUT2D eigenvalue weighted by Crippen LogP contribution is 2.25. The van der Waals surface area contributed by atoms with E-state index < -0.39 is 6.10 Å². The van der Waals surface area contributed by atoms with Crippen LogP contribution in [0.4, 0.5) is 0 Å². The van der Waals surface area contributed by atoms with E-state index in [-0.39, 0.29) is 25.1 Å². The van der Waals surface area contributed by atoms with Crippen LogP contribution in [-0.4, -0.2) is 36.0 Å². The third-order valence-corrected chi connectivity index (χ3v) is 3.37. The number of hydrogen-bond acceptors (Lipinski definition) is 5. The Hall–Kier alpha value is -2.11. The molecule has 0 fully saturated rings. The van der Waals surface area contributed by atoms with Crippen LogP contribution in [0.3, 0.4) is 0 Å².